The van der Waals surface area contributed by atoms with Crippen molar-refractivity contribution < 1.29 is 13.9 Å². The van der Waals surface area contributed by atoms with Gasteiger partial charge >= 0.3 is 0 Å². The van der Waals surface area contributed by atoms with Gasteiger partial charge in [0.25, 0.3) is 0 Å². The van der Waals surface area contributed by atoms with Gasteiger partial charge in [-0.3, -0.25) is 4.79 Å². The summed E-state index contributed by atoms with van der Waals surface area (Å²) in [6.07, 6.45) is 4.98. The van der Waals surface area contributed by atoms with Gasteiger partial charge in [0.1, 0.15) is 5.76 Å². The van der Waals surface area contributed by atoms with E-state index in [1.807, 2.05) is 17.0 Å². The second-order valence-electron chi connectivity index (χ2n) is 5.51. The van der Waals surface area contributed by atoms with Gasteiger partial charge in [-0.1, -0.05) is 0 Å². The number of furan rings is 1. The Hall–Kier alpha value is -1.33. The van der Waals surface area contributed by atoms with Crippen molar-refractivity contribution >= 4 is 5.91 Å². The fraction of sp³-hybridized carbons (Fsp3) is 0.643. The average molecular weight is 264 g/mol. The molecule has 2 fully saturated rings. The number of ether oxygens (including phenoxy) is 1. The maximum atomic E-state index is 12.7. The van der Waals surface area contributed by atoms with Gasteiger partial charge in [0, 0.05) is 19.3 Å². The predicted molar refractivity (Wildman–Crippen MR) is 69.3 cm³/mol. The molecule has 5 nitrogen and oxygen atoms in total. The predicted octanol–water partition coefficient (Wildman–Crippen LogP) is 1.28. The summed E-state index contributed by atoms with van der Waals surface area (Å²) in [4.78, 5) is 14.6. The Morgan fingerprint density at radius 2 is 2.16 bits per heavy atom. The van der Waals surface area contributed by atoms with Crippen LogP contribution >= 0.6 is 0 Å². The van der Waals surface area contributed by atoms with Gasteiger partial charge in [-0.15, -0.1) is 0 Å². The van der Waals surface area contributed by atoms with Gasteiger partial charge in [0.05, 0.1) is 18.3 Å². The lowest BCUT2D eigenvalue weighted by atomic mass is 9.89. The fourth-order valence-electron chi connectivity index (χ4n) is 2.56. The Morgan fingerprint density at radius 1 is 1.42 bits per heavy atom. The lowest BCUT2D eigenvalue weighted by Crippen LogP contribution is -2.58. The van der Waals surface area contributed by atoms with Crippen LogP contribution in [0, 0.1) is 0 Å². The van der Waals surface area contributed by atoms with Gasteiger partial charge in [0.2, 0.25) is 5.91 Å². The smallest absolute Gasteiger partial charge is 0.243 e. The van der Waals surface area contributed by atoms with Gasteiger partial charge in [-0.25, -0.2) is 0 Å². The van der Waals surface area contributed by atoms with E-state index in [0.29, 0.717) is 38.6 Å². The monoisotopic (exact) mass is 264 g/mol. The zero-order chi connectivity index (χ0) is 13.3. The average Bonchev–Trinajstić information content (AvgIpc) is 3.13. The standard InChI is InChI=1S/C14H20N2O3/c15-14(5-8-18-9-6-14)13(17)16(11-3-4-11)10-12-2-1-7-19-12/h1-2,7,11H,3-6,8-10,15H2. The second kappa shape index (κ2) is 4.98. The van der Waals surface area contributed by atoms with Crippen molar-refractivity contribution in [2.24, 2.45) is 5.73 Å². The summed E-state index contributed by atoms with van der Waals surface area (Å²) >= 11 is 0. The summed E-state index contributed by atoms with van der Waals surface area (Å²) < 4.78 is 10.7. The molecular weight excluding hydrogens is 244 g/mol. The Bertz CT molecular complexity index is 434. The molecule has 0 unspecified atom stereocenters. The summed E-state index contributed by atoms with van der Waals surface area (Å²) in [5, 5.41) is 0. The Labute approximate surface area is 112 Å². The molecule has 0 spiro atoms. The first kappa shape index (κ1) is 12.7. The van der Waals surface area contributed by atoms with E-state index in [9.17, 15) is 4.79 Å². The Balaban J connectivity index is 1.74. The molecule has 19 heavy (non-hydrogen) atoms. The van der Waals surface area contributed by atoms with Crippen LogP contribution in [0.15, 0.2) is 22.8 Å². The minimum atomic E-state index is -0.757. The molecule has 1 aromatic heterocycles. The van der Waals surface area contributed by atoms with Crippen LogP contribution < -0.4 is 5.73 Å². The van der Waals surface area contributed by atoms with Crippen LogP contribution in [0.1, 0.15) is 31.4 Å². The van der Waals surface area contributed by atoms with E-state index in [1.165, 1.54) is 0 Å². The van der Waals surface area contributed by atoms with Crippen molar-refractivity contribution in [2.45, 2.75) is 43.8 Å². The topological polar surface area (TPSA) is 68.7 Å². The van der Waals surface area contributed by atoms with Gasteiger partial charge in [-0.05, 0) is 37.8 Å². The summed E-state index contributed by atoms with van der Waals surface area (Å²) in [5.74, 6) is 0.866. The first-order valence-corrected chi connectivity index (χ1v) is 6.89. The minimum absolute atomic E-state index is 0.0506. The lowest BCUT2D eigenvalue weighted by molar-refractivity contribution is -0.142. The molecule has 5 heteroatoms. The third-order valence-corrected chi connectivity index (χ3v) is 3.97. The molecule has 1 saturated carbocycles. The van der Waals surface area contributed by atoms with Crippen molar-refractivity contribution in [1.29, 1.82) is 0 Å². The molecule has 1 aliphatic carbocycles. The van der Waals surface area contributed by atoms with E-state index in [1.54, 1.807) is 6.26 Å². The van der Waals surface area contributed by atoms with E-state index < -0.39 is 5.54 Å². The van der Waals surface area contributed by atoms with Crippen LogP contribution in [0.25, 0.3) is 0 Å². The maximum absolute atomic E-state index is 12.7. The summed E-state index contributed by atoms with van der Waals surface area (Å²) in [6.45, 7) is 1.67. The summed E-state index contributed by atoms with van der Waals surface area (Å²) in [6, 6.07) is 4.08. The van der Waals surface area contributed by atoms with Crippen LogP contribution in [0.4, 0.5) is 0 Å². The van der Waals surface area contributed by atoms with Crippen molar-refractivity contribution in [3.05, 3.63) is 24.2 Å². The first-order chi connectivity index (χ1) is 9.19. The largest absolute Gasteiger partial charge is 0.467 e. The normalized spacial score (nSPS) is 22.2. The second-order valence-corrected chi connectivity index (χ2v) is 5.51. The Morgan fingerprint density at radius 3 is 2.74 bits per heavy atom. The molecule has 3 rings (SSSR count). The summed E-state index contributed by atoms with van der Waals surface area (Å²) in [5.41, 5.74) is 5.54. The highest BCUT2D eigenvalue weighted by molar-refractivity contribution is 5.86. The molecule has 0 bridgehead atoms. The molecule has 0 radical (unpaired) electrons. The van der Waals surface area contributed by atoms with Crippen LogP contribution in [0.2, 0.25) is 0 Å². The fourth-order valence-corrected chi connectivity index (χ4v) is 2.56. The minimum Gasteiger partial charge on any atom is -0.467 e. The van der Waals surface area contributed by atoms with Crippen LogP contribution in [-0.4, -0.2) is 35.6 Å². The van der Waals surface area contributed by atoms with Gasteiger partial charge in [0.15, 0.2) is 0 Å². The number of hydrogen-bond acceptors (Lipinski definition) is 4. The highest BCUT2D eigenvalue weighted by Gasteiger charge is 2.43. The van der Waals surface area contributed by atoms with E-state index in [2.05, 4.69) is 0 Å². The summed E-state index contributed by atoms with van der Waals surface area (Å²) in [7, 11) is 0. The third kappa shape index (κ3) is 2.67. The number of nitrogens with two attached hydrogens (primary N) is 1. The lowest BCUT2D eigenvalue weighted by Gasteiger charge is -2.36. The maximum Gasteiger partial charge on any atom is 0.243 e. The number of amides is 1. The molecule has 2 heterocycles. The third-order valence-electron chi connectivity index (χ3n) is 3.97. The highest BCUT2D eigenvalue weighted by atomic mass is 16.5. The van der Waals surface area contributed by atoms with Crippen molar-refractivity contribution in [3.8, 4) is 0 Å². The van der Waals surface area contributed by atoms with Crippen LogP contribution in [0.3, 0.4) is 0 Å². The molecule has 1 amide bonds. The van der Waals surface area contributed by atoms with Gasteiger partial charge in [-0.2, -0.15) is 0 Å². The van der Waals surface area contributed by atoms with Crippen molar-refractivity contribution in [2.75, 3.05) is 13.2 Å². The van der Waals surface area contributed by atoms with Crippen molar-refractivity contribution in [3.63, 3.8) is 0 Å². The molecule has 104 valence electrons. The van der Waals surface area contributed by atoms with E-state index in [4.69, 9.17) is 14.9 Å². The molecule has 2 aliphatic rings. The molecule has 0 atom stereocenters. The number of hydrogen-bond donors (Lipinski definition) is 1. The molecule has 1 saturated heterocycles. The van der Waals surface area contributed by atoms with E-state index >= 15 is 0 Å². The quantitative estimate of drug-likeness (QED) is 0.889. The Kier molecular flexibility index (Phi) is 3.33. The molecule has 1 aromatic rings. The molecular formula is C14H20N2O3. The van der Waals surface area contributed by atoms with Crippen LogP contribution in [-0.2, 0) is 16.1 Å². The highest BCUT2D eigenvalue weighted by Crippen LogP contribution is 2.32. The molecule has 1 aliphatic heterocycles. The zero-order valence-corrected chi connectivity index (χ0v) is 11.0. The van der Waals surface area contributed by atoms with E-state index in [-0.39, 0.29) is 5.91 Å². The van der Waals surface area contributed by atoms with E-state index in [0.717, 1.165) is 18.6 Å². The number of carbonyl (C=O) groups excluding carboxylic acids is 1. The van der Waals surface area contributed by atoms with Gasteiger partial charge < -0.3 is 19.8 Å². The molecule has 0 aromatic carbocycles. The first-order valence-electron chi connectivity index (χ1n) is 6.89. The number of rotatable bonds is 4. The molecule has 2 N–H and O–H groups in total. The SMILES string of the molecule is NC1(C(=O)N(Cc2ccco2)C2CC2)CCOCC1. The number of nitrogens with zero attached hydrogens (tertiary/aromatic N) is 1. The zero-order valence-electron chi connectivity index (χ0n) is 11.0. The van der Waals surface area contributed by atoms with Crippen LogP contribution in [0.5, 0.6) is 0 Å². The van der Waals surface area contributed by atoms with Crippen molar-refractivity contribution in [1.82, 2.24) is 4.90 Å². The number of carbonyl (C=O) groups is 1.